The van der Waals surface area contributed by atoms with Gasteiger partial charge < -0.3 is 10.4 Å². The van der Waals surface area contributed by atoms with Gasteiger partial charge in [-0.2, -0.15) is 0 Å². The molecule has 0 aliphatic carbocycles. The fourth-order valence-corrected chi connectivity index (χ4v) is 1.71. The van der Waals surface area contributed by atoms with Gasteiger partial charge in [0, 0.05) is 5.69 Å². The third-order valence-corrected chi connectivity index (χ3v) is 2.77. The van der Waals surface area contributed by atoms with Gasteiger partial charge in [-0.25, -0.2) is 9.97 Å². The third-order valence-electron chi connectivity index (χ3n) is 2.77. The molecule has 2 rings (SSSR count). The number of rotatable bonds is 3. The molecule has 0 saturated carbocycles. The molecule has 4 nitrogen and oxygen atoms in total. The van der Waals surface area contributed by atoms with Crippen LogP contribution in [-0.4, -0.2) is 15.1 Å². The highest BCUT2D eigenvalue weighted by Gasteiger charge is 2.03. The maximum atomic E-state index is 9.44. The molecule has 4 heteroatoms. The normalized spacial score (nSPS) is 12.2. The molecule has 0 aliphatic rings. The van der Waals surface area contributed by atoms with E-state index in [0.717, 1.165) is 28.5 Å². The smallest absolute Gasteiger partial charge is 0.125 e. The van der Waals surface area contributed by atoms with Crippen molar-refractivity contribution in [3.05, 3.63) is 47.5 Å². The number of nitrogens with one attached hydrogen (secondary N) is 1. The Balaban J connectivity index is 2.18. The minimum absolute atomic E-state index is 0.441. The largest absolute Gasteiger partial charge is 0.389 e. The highest BCUT2D eigenvalue weighted by Crippen LogP contribution is 2.20. The van der Waals surface area contributed by atoms with Gasteiger partial charge in [0.25, 0.3) is 0 Å². The lowest BCUT2D eigenvalue weighted by molar-refractivity contribution is 0.199. The summed E-state index contributed by atoms with van der Waals surface area (Å²) >= 11 is 0. The van der Waals surface area contributed by atoms with E-state index in [2.05, 4.69) is 15.3 Å². The van der Waals surface area contributed by atoms with E-state index in [-0.39, 0.29) is 0 Å². The Morgan fingerprint density at radius 2 is 1.83 bits per heavy atom. The molecule has 1 aromatic heterocycles. The van der Waals surface area contributed by atoms with Crippen LogP contribution < -0.4 is 5.32 Å². The second kappa shape index (κ2) is 5.14. The van der Waals surface area contributed by atoms with Crippen molar-refractivity contribution in [1.82, 2.24) is 9.97 Å². The van der Waals surface area contributed by atoms with Gasteiger partial charge in [0.1, 0.15) is 5.82 Å². The zero-order valence-corrected chi connectivity index (χ0v) is 10.8. The number of aliphatic hydroxyl groups is 1. The molecule has 1 heterocycles. The molecular weight excluding hydrogens is 226 g/mol. The number of benzene rings is 1. The summed E-state index contributed by atoms with van der Waals surface area (Å²) in [5, 5.41) is 12.7. The molecule has 0 saturated heterocycles. The van der Waals surface area contributed by atoms with Crippen molar-refractivity contribution >= 4 is 11.4 Å². The highest BCUT2D eigenvalue weighted by molar-refractivity contribution is 5.60. The monoisotopic (exact) mass is 243 g/mol. The van der Waals surface area contributed by atoms with Gasteiger partial charge in [-0.3, -0.25) is 0 Å². The summed E-state index contributed by atoms with van der Waals surface area (Å²) in [4.78, 5) is 8.47. The lowest BCUT2D eigenvalue weighted by Crippen LogP contribution is -1.99. The molecule has 1 unspecified atom stereocenters. The van der Waals surface area contributed by atoms with Crippen molar-refractivity contribution < 1.29 is 5.11 Å². The lowest BCUT2D eigenvalue weighted by atomic mass is 10.1. The number of hydrogen-bond acceptors (Lipinski definition) is 4. The highest BCUT2D eigenvalue weighted by atomic mass is 16.3. The Hall–Kier alpha value is -1.94. The SMILES string of the molecule is Cc1ncc(Nc2ccc(C(C)O)cc2)c(C)n1. The minimum Gasteiger partial charge on any atom is -0.389 e. The maximum absolute atomic E-state index is 9.44. The number of aryl methyl sites for hydroxylation is 2. The van der Waals surface area contributed by atoms with Crippen LogP contribution >= 0.6 is 0 Å². The number of anilines is 2. The number of aliphatic hydroxyl groups excluding tert-OH is 1. The van der Waals surface area contributed by atoms with E-state index >= 15 is 0 Å². The van der Waals surface area contributed by atoms with E-state index in [9.17, 15) is 5.11 Å². The van der Waals surface area contributed by atoms with Gasteiger partial charge in [0.15, 0.2) is 0 Å². The summed E-state index contributed by atoms with van der Waals surface area (Å²) in [6.45, 7) is 5.57. The van der Waals surface area contributed by atoms with Crippen LogP contribution in [0.4, 0.5) is 11.4 Å². The van der Waals surface area contributed by atoms with E-state index in [4.69, 9.17) is 0 Å². The Labute approximate surface area is 107 Å². The topological polar surface area (TPSA) is 58.0 Å². The molecule has 18 heavy (non-hydrogen) atoms. The van der Waals surface area contributed by atoms with Crippen LogP contribution in [0.25, 0.3) is 0 Å². The van der Waals surface area contributed by atoms with E-state index in [1.165, 1.54) is 0 Å². The summed E-state index contributed by atoms with van der Waals surface area (Å²) in [6, 6.07) is 7.66. The van der Waals surface area contributed by atoms with E-state index in [1.54, 1.807) is 13.1 Å². The first-order chi connectivity index (χ1) is 8.56. The van der Waals surface area contributed by atoms with Gasteiger partial charge >= 0.3 is 0 Å². The first kappa shape index (κ1) is 12.5. The Morgan fingerprint density at radius 3 is 2.39 bits per heavy atom. The zero-order chi connectivity index (χ0) is 13.1. The van der Waals surface area contributed by atoms with E-state index in [1.807, 2.05) is 38.1 Å². The molecule has 0 bridgehead atoms. The van der Waals surface area contributed by atoms with Crippen molar-refractivity contribution in [2.75, 3.05) is 5.32 Å². The number of hydrogen-bond donors (Lipinski definition) is 2. The summed E-state index contributed by atoms with van der Waals surface area (Å²) in [6.07, 6.45) is 1.34. The predicted octanol–water partition coefficient (Wildman–Crippen LogP) is 2.89. The molecule has 0 radical (unpaired) electrons. The number of nitrogens with zero attached hydrogens (tertiary/aromatic N) is 2. The van der Waals surface area contributed by atoms with Crippen molar-refractivity contribution in [3.8, 4) is 0 Å². The number of aromatic nitrogens is 2. The molecular formula is C14H17N3O. The van der Waals surface area contributed by atoms with Crippen molar-refractivity contribution in [2.24, 2.45) is 0 Å². The predicted molar refractivity (Wildman–Crippen MR) is 71.9 cm³/mol. The van der Waals surface area contributed by atoms with E-state index in [0.29, 0.717) is 0 Å². The van der Waals surface area contributed by atoms with Crippen LogP contribution in [0.2, 0.25) is 0 Å². The molecule has 2 aromatic rings. The van der Waals surface area contributed by atoms with Crippen LogP contribution in [-0.2, 0) is 0 Å². The molecule has 2 N–H and O–H groups in total. The van der Waals surface area contributed by atoms with Gasteiger partial charge in [0.05, 0.1) is 23.7 Å². The third kappa shape index (κ3) is 2.84. The summed E-state index contributed by atoms with van der Waals surface area (Å²) < 4.78 is 0. The van der Waals surface area contributed by atoms with Crippen molar-refractivity contribution in [1.29, 1.82) is 0 Å². The van der Waals surface area contributed by atoms with Gasteiger partial charge in [-0.1, -0.05) is 12.1 Å². The summed E-state index contributed by atoms with van der Waals surface area (Å²) in [5.74, 6) is 0.766. The van der Waals surface area contributed by atoms with Crippen LogP contribution in [0.1, 0.15) is 30.1 Å². The van der Waals surface area contributed by atoms with Crippen molar-refractivity contribution in [3.63, 3.8) is 0 Å². The first-order valence-corrected chi connectivity index (χ1v) is 5.91. The Morgan fingerprint density at radius 1 is 1.17 bits per heavy atom. The van der Waals surface area contributed by atoms with Gasteiger partial charge in [-0.05, 0) is 38.5 Å². The summed E-state index contributed by atoms with van der Waals surface area (Å²) in [7, 11) is 0. The average Bonchev–Trinajstić information content (AvgIpc) is 2.33. The quantitative estimate of drug-likeness (QED) is 0.870. The Bertz CT molecular complexity index is 535. The van der Waals surface area contributed by atoms with Gasteiger partial charge in [0.2, 0.25) is 0 Å². The molecule has 0 spiro atoms. The molecule has 0 fully saturated rings. The molecule has 1 atom stereocenters. The lowest BCUT2D eigenvalue weighted by Gasteiger charge is -2.10. The first-order valence-electron chi connectivity index (χ1n) is 5.91. The standard InChI is InChI=1S/C14H17N3O/c1-9-14(8-15-11(3)16-9)17-13-6-4-12(5-7-13)10(2)18/h4-8,10,17-18H,1-3H3. The zero-order valence-electron chi connectivity index (χ0n) is 10.8. The fourth-order valence-electron chi connectivity index (χ4n) is 1.71. The second-order valence-electron chi connectivity index (χ2n) is 4.34. The van der Waals surface area contributed by atoms with Crippen molar-refractivity contribution in [2.45, 2.75) is 26.9 Å². The van der Waals surface area contributed by atoms with Crippen LogP contribution in [0.3, 0.4) is 0 Å². The molecule has 94 valence electrons. The average molecular weight is 243 g/mol. The molecule has 0 amide bonds. The van der Waals surface area contributed by atoms with Crippen LogP contribution in [0.5, 0.6) is 0 Å². The minimum atomic E-state index is -0.441. The Kier molecular flexibility index (Phi) is 3.58. The second-order valence-corrected chi connectivity index (χ2v) is 4.34. The molecule has 1 aromatic carbocycles. The van der Waals surface area contributed by atoms with Gasteiger partial charge in [-0.15, -0.1) is 0 Å². The maximum Gasteiger partial charge on any atom is 0.125 e. The molecule has 0 aliphatic heterocycles. The van der Waals surface area contributed by atoms with Crippen LogP contribution in [0, 0.1) is 13.8 Å². The van der Waals surface area contributed by atoms with Crippen LogP contribution in [0.15, 0.2) is 30.5 Å². The fraction of sp³-hybridized carbons (Fsp3) is 0.286. The summed E-state index contributed by atoms with van der Waals surface area (Å²) in [5.41, 5.74) is 3.67. The van der Waals surface area contributed by atoms with E-state index < -0.39 is 6.10 Å².